The fourth-order valence-electron chi connectivity index (χ4n) is 5.97. The average molecular weight is 339 g/mol. The molecule has 2 fully saturated rings. The lowest BCUT2D eigenvalue weighted by Gasteiger charge is -2.43. The molecular weight excluding hydrogens is 318 g/mol. The van der Waals surface area contributed by atoms with E-state index in [4.69, 9.17) is 0 Å². The molecule has 1 amide bonds. The van der Waals surface area contributed by atoms with Crippen LogP contribution in [0.5, 0.6) is 0 Å². The first-order valence-corrected chi connectivity index (χ1v) is 9.04. The number of carbonyl (C=O) groups excluding carboxylic acids is 1. The Labute approximate surface area is 145 Å². The molecule has 2 unspecified atom stereocenters. The van der Waals surface area contributed by atoms with E-state index in [0.29, 0.717) is 6.42 Å². The van der Waals surface area contributed by atoms with Gasteiger partial charge in [0.15, 0.2) is 0 Å². The van der Waals surface area contributed by atoms with Gasteiger partial charge in [0.1, 0.15) is 0 Å². The summed E-state index contributed by atoms with van der Waals surface area (Å²) in [5.41, 5.74) is 3.19. The first kappa shape index (κ1) is 14.9. The Morgan fingerprint density at radius 2 is 2.20 bits per heavy atom. The molecule has 25 heavy (non-hydrogen) atoms. The molecule has 6 nitrogen and oxygen atoms in total. The van der Waals surface area contributed by atoms with Gasteiger partial charge in [-0.1, -0.05) is 25.1 Å². The van der Waals surface area contributed by atoms with Crippen LogP contribution in [0.25, 0.3) is 10.9 Å². The number of nitrogens with zero attached hydrogens (tertiary/aromatic N) is 2. The zero-order chi connectivity index (χ0) is 17.3. The molecule has 130 valence electrons. The van der Waals surface area contributed by atoms with Crippen molar-refractivity contribution in [3.8, 4) is 0 Å². The molecule has 6 heteroatoms. The lowest BCUT2D eigenvalue weighted by Crippen LogP contribution is -2.49. The van der Waals surface area contributed by atoms with Gasteiger partial charge in [-0.25, -0.2) is 0 Å². The van der Waals surface area contributed by atoms with Gasteiger partial charge in [0, 0.05) is 46.3 Å². The number of nitro groups is 1. The number of aromatic nitrogens is 1. The van der Waals surface area contributed by atoms with Crippen LogP contribution in [0.3, 0.4) is 0 Å². The summed E-state index contributed by atoms with van der Waals surface area (Å²) in [6.07, 6.45) is 2.12. The third-order valence-corrected chi connectivity index (χ3v) is 6.86. The number of carbonyl (C=O) groups is 1. The Morgan fingerprint density at radius 1 is 1.40 bits per heavy atom. The van der Waals surface area contributed by atoms with Crippen LogP contribution in [0.1, 0.15) is 31.0 Å². The number of para-hydroxylation sites is 1. The molecule has 1 saturated carbocycles. The summed E-state index contributed by atoms with van der Waals surface area (Å²) in [5, 5.41) is 12.4. The Kier molecular flexibility index (Phi) is 2.89. The molecule has 1 aromatic heterocycles. The maximum atomic E-state index is 12.7. The van der Waals surface area contributed by atoms with Crippen LogP contribution in [0, 0.1) is 27.9 Å². The van der Waals surface area contributed by atoms with Crippen molar-refractivity contribution in [1.82, 2.24) is 9.88 Å². The minimum absolute atomic E-state index is 0.0347. The summed E-state index contributed by atoms with van der Waals surface area (Å²) in [5.74, 6) is 0.395. The summed E-state index contributed by atoms with van der Waals surface area (Å²) < 4.78 is 0. The van der Waals surface area contributed by atoms with Crippen molar-refractivity contribution in [3.63, 3.8) is 0 Å². The summed E-state index contributed by atoms with van der Waals surface area (Å²) in [7, 11) is 0. The van der Waals surface area contributed by atoms with Gasteiger partial charge >= 0.3 is 0 Å². The number of amides is 1. The van der Waals surface area contributed by atoms with Crippen molar-refractivity contribution < 1.29 is 9.72 Å². The molecule has 4 atom stereocenters. The number of H-pyrrole nitrogens is 1. The predicted molar refractivity (Wildman–Crippen MR) is 92.6 cm³/mol. The van der Waals surface area contributed by atoms with E-state index in [9.17, 15) is 14.9 Å². The van der Waals surface area contributed by atoms with Gasteiger partial charge in [-0.15, -0.1) is 0 Å². The lowest BCUT2D eigenvalue weighted by molar-refractivity contribution is -0.491. The number of hydrogen-bond acceptors (Lipinski definition) is 3. The van der Waals surface area contributed by atoms with Gasteiger partial charge in [0.25, 0.3) is 0 Å². The molecule has 1 aliphatic carbocycles. The van der Waals surface area contributed by atoms with E-state index in [1.807, 2.05) is 17.0 Å². The highest BCUT2D eigenvalue weighted by Gasteiger charge is 2.65. The molecule has 0 bridgehead atoms. The van der Waals surface area contributed by atoms with Crippen LogP contribution < -0.4 is 0 Å². The first-order valence-electron chi connectivity index (χ1n) is 9.04. The fourth-order valence-corrected chi connectivity index (χ4v) is 5.97. The minimum atomic E-state index is -0.371. The fraction of sp³-hybridized carbons (Fsp3) is 0.526. The van der Waals surface area contributed by atoms with E-state index in [2.05, 4.69) is 24.0 Å². The molecule has 3 aliphatic rings. The number of rotatable bonds is 2. The zero-order valence-corrected chi connectivity index (χ0v) is 14.2. The van der Waals surface area contributed by atoms with Crippen molar-refractivity contribution in [2.75, 3.05) is 13.1 Å². The summed E-state index contributed by atoms with van der Waals surface area (Å²) in [4.78, 5) is 29.4. The summed E-state index contributed by atoms with van der Waals surface area (Å²) in [6, 6.07) is 8.28. The second kappa shape index (κ2) is 4.84. The highest BCUT2D eigenvalue weighted by atomic mass is 16.6. The van der Waals surface area contributed by atoms with Gasteiger partial charge in [-0.2, -0.15) is 0 Å². The van der Waals surface area contributed by atoms with Gasteiger partial charge < -0.3 is 9.88 Å². The Balaban J connectivity index is 1.72. The number of benzene rings is 1. The van der Waals surface area contributed by atoms with E-state index in [0.717, 1.165) is 30.6 Å². The number of nitrogens with one attached hydrogen (secondary N) is 1. The molecular formula is C19H21N3O3. The second-order valence-corrected chi connectivity index (χ2v) is 7.91. The molecule has 3 heterocycles. The Morgan fingerprint density at radius 3 is 3.00 bits per heavy atom. The lowest BCUT2D eigenvalue weighted by atomic mass is 9.77. The van der Waals surface area contributed by atoms with Crippen LogP contribution in [0.4, 0.5) is 0 Å². The smallest absolute Gasteiger partial charge is 0.223 e. The summed E-state index contributed by atoms with van der Waals surface area (Å²) >= 11 is 0. The molecule has 0 radical (unpaired) electrons. The number of hydrogen-bond donors (Lipinski definition) is 1. The predicted octanol–water partition coefficient (Wildman–Crippen LogP) is 2.70. The van der Waals surface area contributed by atoms with Crippen molar-refractivity contribution >= 4 is 16.8 Å². The first-order chi connectivity index (χ1) is 12.0. The van der Waals surface area contributed by atoms with E-state index in [1.165, 1.54) is 10.9 Å². The third kappa shape index (κ3) is 1.77. The zero-order valence-electron chi connectivity index (χ0n) is 14.2. The van der Waals surface area contributed by atoms with E-state index in [-0.39, 0.29) is 40.7 Å². The summed E-state index contributed by atoms with van der Waals surface area (Å²) in [6.45, 7) is 2.80. The third-order valence-electron chi connectivity index (χ3n) is 6.86. The second-order valence-electron chi connectivity index (χ2n) is 7.91. The number of aromatic amines is 1. The normalized spacial score (nSPS) is 33.4. The van der Waals surface area contributed by atoms with Crippen molar-refractivity contribution in [3.05, 3.63) is 45.6 Å². The van der Waals surface area contributed by atoms with E-state index in [1.54, 1.807) is 0 Å². The maximum Gasteiger partial charge on any atom is 0.223 e. The monoisotopic (exact) mass is 339 g/mol. The standard InChI is InChI=1S/C19H21N3O3/c1-11-9-19-15(14(11)10-22(24)25)8-17(23)21(19)7-6-13-12-4-2-3-5-16(12)20-18(13)19/h2-5,11,14-15,20H,6-10H2,1H3/t11-,14?,15-,19?/m0/s1. The van der Waals surface area contributed by atoms with Gasteiger partial charge in [0.2, 0.25) is 12.5 Å². The van der Waals surface area contributed by atoms with Gasteiger partial charge in [-0.05, 0) is 30.4 Å². The van der Waals surface area contributed by atoms with E-state index >= 15 is 0 Å². The minimum Gasteiger partial charge on any atom is -0.356 e. The maximum absolute atomic E-state index is 12.7. The molecule has 1 aromatic carbocycles. The molecule has 2 aliphatic heterocycles. The SMILES string of the molecule is C[C@H]1CC23c4[nH]c5ccccc5c4CCN2C(=O)C[C@H]3C1C[N+](=O)[O-]. The quantitative estimate of drug-likeness (QED) is 0.675. The molecule has 5 rings (SSSR count). The number of fused-ring (bicyclic) bond motifs is 3. The van der Waals surface area contributed by atoms with Crippen molar-refractivity contribution in [2.24, 2.45) is 17.8 Å². The molecule has 2 aromatic rings. The highest BCUT2D eigenvalue weighted by Crippen LogP contribution is 2.61. The van der Waals surface area contributed by atoms with Crippen LogP contribution in [0.2, 0.25) is 0 Å². The molecule has 1 saturated heterocycles. The Hall–Kier alpha value is -2.37. The van der Waals surface area contributed by atoms with Crippen LogP contribution in [-0.2, 0) is 16.8 Å². The van der Waals surface area contributed by atoms with Crippen molar-refractivity contribution in [2.45, 2.75) is 31.7 Å². The van der Waals surface area contributed by atoms with Crippen LogP contribution in [0.15, 0.2) is 24.3 Å². The van der Waals surface area contributed by atoms with Crippen LogP contribution >= 0.6 is 0 Å². The van der Waals surface area contributed by atoms with Crippen molar-refractivity contribution in [1.29, 1.82) is 0 Å². The van der Waals surface area contributed by atoms with Gasteiger partial charge in [0.05, 0.1) is 5.54 Å². The molecule has 1 spiro atoms. The largest absolute Gasteiger partial charge is 0.356 e. The van der Waals surface area contributed by atoms with Gasteiger partial charge in [-0.3, -0.25) is 14.9 Å². The molecule has 1 N–H and O–H groups in total. The Bertz CT molecular complexity index is 904. The van der Waals surface area contributed by atoms with E-state index < -0.39 is 0 Å². The van der Waals surface area contributed by atoms with Crippen LogP contribution in [-0.4, -0.2) is 33.8 Å². The average Bonchev–Trinajstić information content (AvgIpc) is 3.16. The highest BCUT2D eigenvalue weighted by molar-refractivity contribution is 5.88. The topological polar surface area (TPSA) is 79.2 Å².